The van der Waals surface area contributed by atoms with E-state index in [0.717, 1.165) is 25.7 Å². The average molecular weight is 420 g/mol. The highest BCUT2D eigenvalue weighted by atomic mass is 19.1. The molecule has 0 unspecified atom stereocenters. The van der Waals surface area contributed by atoms with Gasteiger partial charge in [-0.05, 0) is 37.7 Å². The van der Waals surface area contributed by atoms with Crippen LogP contribution in [0.3, 0.4) is 0 Å². The fourth-order valence-electron chi connectivity index (χ4n) is 4.13. The maximum Gasteiger partial charge on any atom is 0.437 e. The van der Waals surface area contributed by atoms with Crippen LogP contribution in [0.2, 0.25) is 0 Å². The zero-order valence-electron chi connectivity index (χ0n) is 17.3. The molecule has 1 aliphatic heterocycles. The lowest BCUT2D eigenvalue weighted by Gasteiger charge is -2.38. The lowest BCUT2D eigenvalue weighted by atomic mass is 9.82. The first kappa shape index (κ1) is 21.9. The molecule has 0 aromatic heterocycles. The smallest absolute Gasteiger partial charge is 0.437 e. The van der Waals surface area contributed by atoms with E-state index in [9.17, 15) is 14.0 Å². The van der Waals surface area contributed by atoms with Crippen molar-refractivity contribution in [2.75, 3.05) is 31.1 Å². The molecule has 2 fully saturated rings. The Labute approximate surface area is 176 Å². The zero-order chi connectivity index (χ0) is 21.7. The molecule has 2 aliphatic rings. The maximum absolute atomic E-state index is 15.0. The van der Waals surface area contributed by atoms with Gasteiger partial charge in [-0.2, -0.15) is 0 Å². The SMILES string of the molecule is CC1CCC(C(=O)N2CCN(c3cccc(COC(=O)N=C(N)N)c3F)CC2)CC1. The van der Waals surface area contributed by atoms with Crippen LogP contribution in [-0.4, -0.2) is 49.0 Å². The molecule has 1 aromatic carbocycles. The van der Waals surface area contributed by atoms with E-state index in [1.165, 1.54) is 0 Å². The molecule has 9 heteroatoms. The van der Waals surface area contributed by atoms with E-state index < -0.39 is 17.9 Å². The summed E-state index contributed by atoms with van der Waals surface area (Å²) in [6.45, 7) is 4.24. The molecule has 0 atom stereocenters. The van der Waals surface area contributed by atoms with Gasteiger partial charge in [-0.25, -0.2) is 9.18 Å². The Morgan fingerprint density at radius 3 is 2.43 bits per heavy atom. The number of nitrogens with zero attached hydrogens (tertiary/aromatic N) is 3. The monoisotopic (exact) mass is 419 g/mol. The Morgan fingerprint density at radius 2 is 1.80 bits per heavy atom. The average Bonchev–Trinajstić information content (AvgIpc) is 2.73. The maximum atomic E-state index is 15.0. The van der Waals surface area contributed by atoms with Crippen molar-refractivity contribution in [3.63, 3.8) is 0 Å². The number of carbonyl (C=O) groups excluding carboxylic acids is 2. The molecule has 1 aromatic rings. The summed E-state index contributed by atoms with van der Waals surface area (Å²) in [7, 11) is 0. The third kappa shape index (κ3) is 5.40. The van der Waals surface area contributed by atoms with Crippen molar-refractivity contribution < 1.29 is 18.7 Å². The van der Waals surface area contributed by atoms with Gasteiger partial charge in [-0.1, -0.05) is 19.1 Å². The van der Waals surface area contributed by atoms with Crippen molar-refractivity contribution in [3.8, 4) is 0 Å². The second kappa shape index (κ2) is 9.77. The van der Waals surface area contributed by atoms with E-state index in [4.69, 9.17) is 16.2 Å². The van der Waals surface area contributed by atoms with Crippen LogP contribution in [0, 0.1) is 17.7 Å². The van der Waals surface area contributed by atoms with Crippen molar-refractivity contribution >= 4 is 23.6 Å². The molecule has 0 bridgehead atoms. The second-order valence-corrected chi connectivity index (χ2v) is 8.11. The lowest BCUT2D eigenvalue weighted by molar-refractivity contribution is -0.137. The first-order valence-corrected chi connectivity index (χ1v) is 10.4. The third-order valence-corrected chi connectivity index (χ3v) is 5.93. The van der Waals surface area contributed by atoms with E-state index in [0.29, 0.717) is 37.8 Å². The fraction of sp³-hybridized carbons (Fsp3) is 0.571. The van der Waals surface area contributed by atoms with Crippen LogP contribution in [0.1, 0.15) is 38.2 Å². The second-order valence-electron chi connectivity index (χ2n) is 8.11. The Bertz CT molecular complexity index is 796. The molecular weight excluding hydrogens is 389 g/mol. The summed E-state index contributed by atoms with van der Waals surface area (Å²) in [6.07, 6.45) is 3.19. The van der Waals surface area contributed by atoms with Gasteiger partial charge in [0.15, 0.2) is 11.8 Å². The Hall–Kier alpha value is -2.84. The number of hydrogen-bond acceptors (Lipinski definition) is 4. The Balaban J connectivity index is 1.57. The van der Waals surface area contributed by atoms with Gasteiger partial charge in [-0.3, -0.25) is 4.79 Å². The van der Waals surface area contributed by atoms with Crippen molar-refractivity contribution in [2.24, 2.45) is 28.3 Å². The Morgan fingerprint density at radius 1 is 1.13 bits per heavy atom. The van der Waals surface area contributed by atoms with Crippen molar-refractivity contribution in [2.45, 2.75) is 39.2 Å². The van der Waals surface area contributed by atoms with E-state index in [1.54, 1.807) is 18.2 Å². The molecule has 164 valence electrons. The van der Waals surface area contributed by atoms with Crippen LogP contribution in [0.25, 0.3) is 0 Å². The van der Waals surface area contributed by atoms with Crippen LogP contribution in [0.5, 0.6) is 0 Å². The number of halogens is 1. The summed E-state index contributed by atoms with van der Waals surface area (Å²) in [5.74, 6) is 0.218. The number of anilines is 1. The highest BCUT2D eigenvalue weighted by Gasteiger charge is 2.30. The lowest BCUT2D eigenvalue weighted by Crippen LogP contribution is -2.51. The summed E-state index contributed by atoms with van der Waals surface area (Å²) in [6, 6.07) is 4.95. The predicted octanol–water partition coefficient (Wildman–Crippen LogP) is 2.21. The molecule has 1 saturated carbocycles. The van der Waals surface area contributed by atoms with Gasteiger partial charge < -0.3 is 26.0 Å². The molecule has 8 nitrogen and oxygen atoms in total. The number of guanidine groups is 1. The molecular formula is C21H30FN5O3. The summed E-state index contributed by atoms with van der Waals surface area (Å²) in [5.41, 5.74) is 10.9. The van der Waals surface area contributed by atoms with Gasteiger partial charge in [0.05, 0.1) is 5.69 Å². The standard InChI is InChI=1S/C21H30FN5O3/c1-14-5-7-15(8-6-14)19(28)27-11-9-26(10-12-27)17-4-2-3-16(18(17)22)13-30-21(29)25-20(23)24/h2-4,14-15H,5-13H2,1H3,(H4,23,24,25,29). The topological polar surface area (TPSA) is 114 Å². The van der Waals surface area contributed by atoms with Crippen LogP contribution < -0.4 is 16.4 Å². The van der Waals surface area contributed by atoms with Crippen molar-refractivity contribution in [1.29, 1.82) is 0 Å². The first-order chi connectivity index (χ1) is 14.3. The number of amides is 2. The number of carbonyl (C=O) groups is 2. The van der Waals surface area contributed by atoms with Crippen LogP contribution in [-0.2, 0) is 16.1 Å². The highest BCUT2D eigenvalue weighted by molar-refractivity contribution is 5.87. The quantitative estimate of drug-likeness (QED) is 0.571. The first-order valence-electron chi connectivity index (χ1n) is 10.4. The number of ether oxygens (including phenoxy) is 1. The van der Waals surface area contributed by atoms with Gasteiger partial charge in [0.1, 0.15) is 6.61 Å². The van der Waals surface area contributed by atoms with E-state index in [1.807, 2.05) is 9.80 Å². The van der Waals surface area contributed by atoms with E-state index in [2.05, 4.69) is 11.9 Å². The predicted molar refractivity (Wildman–Crippen MR) is 112 cm³/mol. The molecule has 4 N–H and O–H groups in total. The molecule has 1 saturated heterocycles. The summed E-state index contributed by atoms with van der Waals surface area (Å²) < 4.78 is 19.8. The molecule has 30 heavy (non-hydrogen) atoms. The number of rotatable bonds is 4. The molecule has 1 heterocycles. The minimum atomic E-state index is -0.968. The normalized spacial score (nSPS) is 21.8. The minimum absolute atomic E-state index is 0.132. The molecule has 2 amide bonds. The van der Waals surface area contributed by atoms with Gasteiger partial charge in [0, 0.05) is 37.7 Å². The summed E-state index contributed by atoms with van der Waals surface area (Å²) in [4.78, 5) is 31.3. The number of hydrogen-bond donors (Lipinski definition) is 2. The summed E-state index contributed by atoms with van der Waals surface area (Å²) in [5, 5.41) is 0. The largest absolute Gasteiger partial charge is 0.443 e. The third-order valence-electron chi connectivity index (χ3n) is 5.93. The van der Waals surface area contributed by atoms with E-state index >= 15 is 0 Å². The minimum Gasteiger partial charge on any atom is -0.443 e. The van der Waals surface area contributed by atoms with E-state index in [-0.39, 0.29) is 24.0 Å². The number of benzene rings is 1. The summed E-state index contributed by atoms with van der Waals surface area (Å²) >= 11 is 0. The van der Waals surface area contributed by atoms with Crippen LogP contribution in [0.15, 0.2) is 23.2 Å². The van der Waals surface area contributed by atoms with Crippen LogP contribution >= 0.6 is 0 Å². The van der Waals surface area contributed by atoms with Crippen molar-refractivity contribution in [3.05, 3.63) is 29.6 Å². The van der Waals surface area contributed by atoms with Gasteiger partial charge in [0.2, 0.25) is 5.91 Å². The number of nitrogens with two attached hydrogens (primary N) is 2. The molecule has 0 spiro atoms. The van der Waals surface area contributed by atoms with Crippen molar-refractivity contribution in [1.82, 2.24) is 4.90 Å². The number of piperazine rings is 1. The van der Waals surface area contributed by atoms with Gasteiger partial charge in [0.25, 0.3) is 0 Å². The highest BCUT2D eigenvalue weighted by Crippen LogP contribution is 2.30. The fourth-order valence-corrected chi connectivity index (χ4v) is 4.13. The zero-order valence-corrected chi connectivity index (χ0v) is 17.3. The number of aliphatic imine (C=N–C) groups is 1. The van der Waals surface area contributed by atoms with Crippen LogP contribution in [0.4, 0.5) is 14.9 Å². The molecule has 0 radical (unpaired) electrons. The van der Waals surface area contributed by atoms with Gasteiger partial charge >= 0.3 is 6.09 Å². The van der Waals surface area contributed by atoms with Gasteiger partial charge in [-0.15, -0.1) is 4.99 Å². The Kier molecular flexibility index (Phi) is 7.12. The molecule has 3 rings (SSSR count). The molecule has 1 aliphatic carbocycles.